The highest BCUT2D eigenvalue weighted by Crippen LogP contribution is 2.42. The van der Waals surface area contributed by atoms with E-state index < -0.39 is 0 Å². The van der Waals surface area contributed by atoms with Gasteiger partial charge in [0.05, 0.1) is 10.4 Å². The van der Waals surface area contributed by atoms with E-state index in [1.165, 1.54) is 35.3 Å². The maximum atomic E-state index is 12.7. The fourth-order valence-corrected chi connectivity index (χ4v) is 6.91. The normalized spacial score (nSPS) is 23.2. The zero-order chi connectivity index (χ0) is 24.5. The number of hydrogen-bond donors (Lipinski definition) is 1. The van der Waals surface area contributed by atoms with Gasteiger partial charge < -0.3 is 9.88 Å². The second-order valence-electron chi connectivity index (χ2n) is 9.90. The molecule has 0 aromatic carbocycles. The molecule has 0 saturated carbocycles. The molecule has 0 aliphatic carbocycles. The first-order chi connectivity index (χ1) is 16.9. The molecule has 5 heterocycles. The van der Waals surface area contributed by atoms with Gasteiger partial charge in [0.25, 0.3) is 0 Å². The number of aromatic nitrogens is 7. The fourth-order valence-electron chi connectivity index (χ4n) is 5.76. The Labute approximate surface area is 214 Å². The number of amides is 1. The van der Waals surface area contributed by atoms with Crippen molar-refractivity contribution in [1.82, 2.24) is 45.2 Å². The van der Waals surface area contributed by atoms with Crippen molar-refractivity contribution >= 4 is 28.8 Å². The lowest BCUT2D eigenvalue weighted by Gasteiger charge is -2.40. The van der Waals surface area contributed by atoms with Crippen LogP contribution in [0.2, 0.25) is 4.34 Å². The number of hydrogen-bond acceptors (Lipinski definition) is 8. The van der Waals surface area contributed by atoms with Crippen LogP contribution >= 0.6 is 22.9 Å². The van der Waals surface area contributed by atoms with Crippen LogP contribution in [0.15, 0.2) is 18.5 Å². The third-order valence-corrected chi connectivity index (χ3v) is 8.60. The topological polar surface area (TPSA) is 107 Å². The number of rotatable bonds is 9. The molecule has 2 bridgehead atoms. The Morgan fingerprint density at radius 3 is 2.60 bits per heavy atom. The van der Waals surface area contributed by atoms with Gasteiger partial charge in [0.15, 0.2) is 6.33 Å². The first-order valence-electron chi connectivity index (χ1n) is 12.3. The maximum Gasteiger partial charge on any atom is 0.244 e. The minimum atomic E-state index is -0.136. The van der Waals surface area contributed by atoms with Crippen LogP contribution < -0.4 is 5.32 Å². The number of carbonyl (C=O) groups excluding carboxylic acids is 1. The molecule has 2 aliphatic rings. The molecular weight excluding hydrogens is 486 g/mol. The minimum absolute atomic E-state index is 0.0444. The zero-order valence-corrected chi connectivity index (χ0v) is 21.9. The molecule has 1 unspecified atom stereocenters. The van der Waals surface area contributed by atoms with Gasteiger partial charge in [-0.15, -0.1) is 31.7 Å². The molecule has 1 N–H and O–H groups in total. The summed E-state index contributed by atoms with van der Waals surface area (Å²) in [6.07, 6.45) is 6.84. The summed E-state index contributed by atoms with van der Waals surface area (Å²) >= 11 is 7.74. The second-order valence-corrected chi connectivity index (χ2v) is 11.6. The molecule has 3 aromatic heterocycles. The van der Waals surface area contributed by atoms with E-state index in [1.54, 1.807) is 0 Å². The van der Waals surface area contributed by atoms with Gasteiger partial charge in [0.1, 0.15) is 18.2 Å². The fraction of sp³-hybridized carbons (Fsp3) is 0.652. The number of halogens is 1. The lowest BCUT2D eigenvalue weighted by Crippen LogP contribution is -2.45. The summed E-state index contributed by atoms with van der Waals surface area (Å²) in [7, 11) is 0. The monoisotopic (exact) mass is 517 g/mol. The lowest BCUT2D eigenvalue weighted by molar-refractivity contribution is -0.122. The molecule has 10 nitrogen and oxygen atoms in total. The van der Waals surface area contributed by atoms with Gasteiger partial charge in [0.2, 0.25) is 5.91 Å². The van der Waals surface area contributed by atoms with Gasteiger partial charge in [-0.2, -0.15) is 4.80 Å². The predicted octanol–water partition coefficient (Wildman–Crippen LogP) is 3.53. The van der Waals surface area contributed by atoms with Crippen molar-refractivity contribution in [2.24, 2.45) is 0 Å². The Bertz CT molecular complexity index is 1130. The smallest absolute Gasteiger partial charge is 0.244 e. The highest BCUT2D eigenvalue weighted by Gasteiger charge is 2.42. The minimum Gasteiger partial charge on any atom is -0.347 e. The molecule has 0 spiro atoms. The molecule has 0 radical (unpaired) electrons. The summed E-state index contributed by atoms with van der Waals surface area (Å²) < 4.78 is 3.12. The van der Waals surface area contributed by atoms with E-state index >= 15 is 0 Å². The summed E-state index contributed by atoms with van der Waals surface area (Å²) in [5, 5.41) is 23.4. The van der Waals surface area contributed by atoms with Gasteiger partial charge in [-0.1, -0.05) is 25.4 Å². The Hall–Kier alpha value is -2.37. The third-order valence-electron chi connectivity index (χ3n) is 7.26. The third kappa shape index (κ3) is 5.26. The van der Waals surface area contributed by atoms with Crippen molar-refractivity contribution in [3.8, 4) is 0 Å². The van der Waals surface area contributed by atoms with Crippen molar-refractivity contribution in [1.29, 1.82) is 0 Å². The van der Waals surface area contributed by atoms with Gasteiger partial charge in [0, 0.05) is 35.5 Å². The number of carbonyl (C=O) groups is 1. The van der Waals surface area contributed by atoms with Crippen molar-refractivity contribution in [2.75, 3.05) is 6.54 Å². The Balaban J connectivity index is 1.25. The van der Waals surface area contributed by atoms with Gasteiger partial charge in [-0.3, -0.25) is 9.69 Å². The number of nitrogens with zero attached hydrogens (tertiary/aromatic N) is 8. The molecule has 35 heavy (non-hydrogen) atoms. The van der Waals surface area contributed by atoms with Crippen LogP contribution in [0.25, 0.3) is 0 Å². The first-order valence-corrected chi connectivity index (χ1v) is 13.5. The van der Waals surface area contributed by atoms with Crippen LogP contribution in [0.1, 0.15) is 80.5 Å². The van der Waals surface area contributed by atoms with Crippen molar-refractivity contribution in [3.05, 3.63) is 39.3 Å². The lowest BCUT2D eigenvalue weighted by atomic mass is 9.95. The van der Waals surface area contributed by atoms with Crippen LogP contribution in [-0.4, -0.2) is 64.4 Å². The number of nitrogens with one attached hydrogen (secondary N) is 1. The average molecular weight is 518 g/mol. The molecule has 1 amide bonds. The summed E-state index contributed by atoms with van der Waals surface area (Å²) in [4.78, 5) is 17.7. The number of tetrazole rings is 1. The van der Waals surface area contributed by atoms with E-state index in [-0.39, 0.29) is 18.5 Å². The Morgan fingerprint density at radius 1 is 1.20 bits per heavy atom. The standard InChI is InChI=1S/C23H32ClN9OS/c1-14(2)23-29-28-15(3)33(23)18-10-16-4-5-17(11-18)31(16)9-8-19(20-6-7-21(24)35-20)27-22(34)12-32-26-13-25-30-32/h6-7,13-14,16-19H,4-5,8-12H2,1-3H3,(H,27,34)/t16-,17+,18?,19-/m0/s1. The molecule has 2 saturated heterocycles. The van der Waals surface area contributed by atoms with Crippen LogP contribution in [-0.2, 0) is 11.3 Å². The molecule has 5 rings (SSSR count). The van der Waals surface area contributed by atoms with Crippen LogP contribution in [0.4, 0.5) is 0 Å². The van der Waals surface area contributed by atoms with Crippen LogP contribution in [0.5, 0.6) is 0 Å². The van der Waals surface area contributed by atoms with E-state index in [0.717, 1.165) is 46.7 Å². The molecule has 4 atom stereocenters. The van der Waals surface area contributed by atoms with E-state index in [9.17, 15) is 4.79 Å². The largest absolute Gasteiger partial charge is 0.347 e. The molecule has 12 heteroatoms. The maximum absolute atomic E-state index is 12.7. The number of piperidine rings is 1. The quantitative estimate of drug-likeness (QED) is 0.462. The Kier molecular flexibility index (Phi) is 7.17. The molecular formula is C23H32ClN9OS. The van der Waals surface area contributed by atoms with Gasteiger partial charge in [-0.25, -0.2) is 0 Å². The van der Waals surface area contributed by atoms with Gasteiger partial charge in [-0.05, 0) is 56.4 Å². The number of thiophene rings is 1. The Morgan fingerprint density at radius 2 is 1.97 bits per heavy atom. The van der Waals surface area contributed by atoms with E-state index in [1.807, 2.05) is 12.1 Å². The van der Waals surface area contributed by atoms with Crippen molar-refractivity contribution in [2.45, 2.75) is 89.5 Å². The van der Waals surface area contributed by atoms with Crippen molar-refractivity contribution in [3.63, 3.8) is 0 Å². The SMILES string of the molecule is Cc1nnc(C(C)C)n1C1C[C@H]2CC[C@@H](C1)N2CC[C@H](NC(=O)Cn1ncnn1)c1ccc(Cl)s1. The van der Waals surface area contributed by atoms with Gasteiger partial charge >= 0.3 is 0 Å². The van der Waals surface area contributed by atoms with E-state index in [2.05, 4.69) is 61.2 Å². The predicted molar refractivity (Wildman–Crippen MR) is 133 cm³/mol. The van der Waals surface area contributed by atoms with Crippen molar-refractivity contribution < 1.29 is 4.79 Å². The zero-order valence-electron chi connectivity index (χ0n) is 20.3. The summed E-state index contributed by atoms with van der Waals surface area (Å²) in [5.74, 6) is 2.34. The summed E-state index contributed by atoms with van der Waals surface area (Å²) in [6.45, 7) is 7.42. The van der Waals surface area contributed by atoms with E-state index in [0.29, 0.717) is 24.0 Å². The molecule has 3 aromatic rings. The molecule has 2 aliphatic heterocycles. The van der Waals surface area contributed by atoms with Crippen LogP contribution in [0.3, 0.4) is 0 Å². The number of aryl methyl sites for hydroxylation is 1. The summed E-state index contributed by atoms with van der Waals surface area (Å²) in [6, 6.07) is 5.34. The second kappa shape index (κ2) is 10.3. The van der Waals surface area contributed by atoms with E-state index in [4.69, 9.17) is 11.6 Å². The molecule has 188 valence electrons. The average Bonchev–Trinajstić information content (AvgIpc) is 3.60. The number of fused-ring (bicyclic) bond motifs is 2. The van der Waals surface area contributed by atoms with Crippen LogP contribution in [0, 0.1) is 6.92 Å². The highest BCUT2D eigenvalue weighted by atomic mass is 35.5. The summed E-state index contributed by atoms with van der Waals surface area (Å²) in [5.41, 5.74) is 0. The molecule has 2 fully saturated rings. The first kappa shape index (κ1) is 24.3. The highest BCUT2D eigenvalue weighted by molar-refractivity contribution is 7.16.